The van der Waals surface area contributed by atoms with E-state index >= 15 is 0 Å². The van der Waals surface area contributed by atoms with Crippen LogP contribution in [0.15, 0.2) is 72.8 Å². The molecule has 2 aliphatic heterocycles. The molecule has 5 nitrogen and oxygen atoms in total. The quantitative estimate of drug-likeness (QED) is 0.303. The van der Waals surface area contributed by atoms with Gasteiger partial charge in [-0.15, -0.1) is 0 Å². The third-order valence-corrected chi connectivity index (χ3v) is 8.89. The van der Waals surface area contributed by atoms with Crippen LogP contribution in [0.4, 0.5) is 5.69 Å². The first-order valence-electron chi connectivity index (χ1n) is 14.7. The van der Waals surface area contributed by atoms with E-state index in [4.69, 9.17) is 18.9 Å². The largest absolute Gasteiger partial charge is 0.488 e. The lowest BCUT2D eigenvalue weighted by Gasteiger charge is -2.48. The van der Waals surface area contributed by atoms with Gasteiger partial charge in [0.25, 0.3) is 0 Å². The van der Waals surface area contributed by atoms with Crippen LogP contribution >= 0.6 is 0 Å². The van der Waals surface area contributed by atoms with E-state index in [1.165, 1.54) is 27.9 Å². The van der Waals surface area contributed by atoms with Crippen molar-refractivity contribution in [2.45, 2.75) is 69.4 Å². The Bertz CT molecular complexity index is 1290. The summed E-state index contributed by atoms with van der Waals surface area (Å²) in [7, 11) is 3.42. The van der Waals surface area contributed by atoms with Gasteiger partial charge in [-0.25, -0.2) is 0 Å². The minimum Gasteiger partial charge on any atom is -0.488 e. The lowest BCUT2D eigenvalue weighted by Crippen LogP contribution is -2.61. The van der Waals surface area contributed by atoms with Gasteiger partial charge in [0.05, 0.1) is 6.61 Å². The zero-order valence-electron chi connectivity index (χ0n) is 24.6. The molecule has 0 N–H and O–H groups in total. The Hall–Kier alpha value is -2.86. The molecule has 0 bridgehead atoms. The fourth-order valence-corrected chi connectivity index (χ4v) is 7.16. The summed E-state index contributed by atoms with van der Waals surface area (Å²) in [5, 5.41) is 0. The van der Waals surface area contributed by atoms with Crippen molar-refractivity contribution in [1.29, 1.82) is 0 Å². The first-order chi connectivity index (χ1) is 19.3. The van der Waals surface area contributed by atoms with Gasteiger partial charge in [-0.05, 0) is 92.5 Å². The van der Waals surface area contributed by atoms with Crippen LogP contribution in [0.3, 0.4) is 0 Å². The van der Waals surface area contributed by atoms with Crippen LogP contribution in [0.1, 0.15) is 67.7 Å². The van der Waals surface area contributed by atoms with Gasteiger partial charge in [-0.2, -0.15) is 0 Å². The van der Waals surface area contributed by atoms with E-state index in [2.05, 4.69) is 98.5 Å². The van der Waals surface area contributed by atoms with Gasteiger partial charge in [-0.3, -0.25) is 0 Å². The normalized spacial score (nSPS) is 23.8. The fourth-order valence-electron chi connectivity index (χ4n) is 7.16. The maximum absolute atomic E-state index is 6.27. The average molecular weight is 542 g/mol. The molecular weight excluding hydrogens is 498 g/mol. The second-order valence-corrected chi connectivity index (χ2v) is 12.9. The number of benzene rings is 3. The molecule has 2 fully saturated rings. The van der Waals surface area contributed by atoms with Gasteiger partial charge in [0.1, 0.15) is 17.0 Å². The van der Waals surface area contributed by atoms with Crippen LogP contribution in [0.2, 0.25) is 0 Å². The van der Waals surface area contributed by atoms with E-state index in [0.717, 1.165) is 38.1 Å². The van der Waals surface area contributed by atoms with Crippen LogP contribution in [-0.2, 0) is 20.6 Å². The van der Waals surface area contributed by atoms with Crippen molar-refractivity contribution in [1.82, 2.24) is 0 Å². The van der Waals surface area contributed by atoms with E-state index < -0.39 is 0 Å². The first-order valence-corrected chi connectivity index (χ1v) is 14.7. The molecule has 2 saturated heterocycles. The van der Waals surface area contributed by atoms with E-state index in [0.29, 0.717) is 18.4 Å². The molecule has 3 aromatic rings. The molecule has 0 radical (unpaired) electrons. The summed E-state index contributed by atoms with van der Waals surface area (Å²) in [4.78, 5) is 2.43. The van der Waals surface area contributed by atoms with E-state index in [9.17, 15) is 0 Å². The molecule has 2 heterocycles. The molecule has 3 aromatic carbocycles. The van der Waals surface area contributed by atoms with E-state index in [1.54, 1.807) is 14.2 Å². The number of ether oxygens (including phenoxy) is 4. The maximum atomic E-state index is 6.27. The van der Waals surface area contributed by atoms with Gasteiger partial charge >= 0.3 is 0 Å². The zero-order valence-corrected chi connectivity index (χ0v) is 24.6. The monoisotopic (exact) mass is 541 g/mol. The second-order valence-electron chi connectivity index (χ2n) is 12.9. The molecule has 3 atom stereocenters. The number of hydrogen-bond acceptors (Lipinski definition) is 5. The number of methoxy groups -OCH3 is 2. The maximum Gasteiger partial charge on any atom is 0.161 e. The summed E-state index contributed by atoms with van der Waals surface area (Å²) >= 11 is 0. The molecule has 3 unspecified atom stereocenters. The van der Waals surface area contributed by atoms with Crippen molar-refractivity contribution in [3.8, 4) is 5.75 Å². The lowest BCUT2D eigenvalue weighted by molar-refractivity contribution is -0.136. The Kier molecular flexibility index (Phi) is 7.41. The number of hydrogen-bond donors (Lipinski definition) is 0. The number of fused-ring (bicyclic) bond motifs is 1. The highest BCUT2D eigenvalue weighted by molar-refractivity contribution is 5.55. The molecule has 5 heteroatoms. The molecule has 6 rings (SSSR count). The first kappa shape index (κ1) is 27.3. The summed E-state index contributed by atoms with van der Waals surface area (Å²) < 4.78 is 23.5. The molecule has 0 saturated carbocycles. The Balaban J connectivity index is 1.23. The molecule has 40 heavy (non-hydrogen) atoms. The molecule has 1 spiro atoms. The molecule has 212 valence electrons. The van der Waals surface area contributed by atoms with Crippen LogP contribution in [0.5, 0.6) is 5.75 Å². The van der Waals surface area contributed by atoms with Crippen LogP contribution < -0.4 is 9.64 Å². The fraction of sp³-hybridized carbons (Fsp3) is 0.486. The Morgan fingerprint density at radius 1 is 0.900 bits per heavy atom. The summed E-state index contributed by atoms with van der Waals surface area (Å²) in [5.41, 5.74) is 6.60. The predicted molar refractivity (Wildman–Crippen MR) is 159 cm³/mol. The summed E-state index contributed by atoms with van der Waals surface area (Å²) in [6, 6.07) is 27.1. The Labute approximate surface area is 239 Å². The third-order valence-electron chi connectivity index (χ3n) is 8.89. The summed E-state index contributed by atoms with van der Waals surface area (Å²) in [5.74, 6) is 2.00. The topological polar surface area (TPSA) is 40.2 Å². The Morgan fingerprint density at radius 3 is 2.30 bits per heavy atom. The van der Waals surface area contributed by atoms with E-state index in [-0.39, 0.29) is 23.4 Å². The average Bonchev–Trinajstić information content (AvgIpc) is 3.38. The van der Waals surface area contributed by atoms with Gasteiger partial charge in [0, 0.05) is 44.8 Å². The van der Waals surface area contributed by atoms with Crippen LogP contribution in [0, 0.1) is 5.92 Å². The van der Waals surface area contributed by atoms with Crippen molar-refractivity contribution >= 4 is 5.69 Å². The van der Waals surface area contributed by atoms with Crippen molar-refractivity contribution in [3.63, 3.8) is 0 Å². The molecule has 0 aromatic heterocycles. The second kappa shape index (κ2) is 10.8. The van der Waals surface area contributed by atoms with Crippen molar-refractivity contribution < 1.29 is 18.9 Å². The molecule has 1 aliphatic carbocycles. The highest BCUT2D eigenvalue weighted by Gasteiger charge is 2.51. The minimum absolute atomic E-state index is 0.0772. The van der Waals surface area contributed by atoms with Crippen molar-refractivity contribution in [2.24, 2.45) is 5.92 Å². The zero-order chi connectivity index (χ0) is 27.9. The van der Waals surface area contributed by atoms with Crippen molar-refractivity contribution in [3.05, 3.63) is 95.1 Å². The number of anilines is 1. The van der Waals surface area contributed by atoms with Gasteiger partial charge in [-0.1, -0.05) is 48.5 Å². The molecule has 0 amide bonds. The number of aryl methyl sites for hydroxylation is 1. The van der Waals surface area contributed by atoms with E-state index in [1.807, 2.05) is 0 Å². The van der Waals surface area contributed by atoms with Crippen LogP contribution in [-0.4, -0.2) is 51.4 Å². The van der Waals surface area contributed by atoms with Crippen molar-refractivity contribution in [2.75, 3.05) is 38.8 Å². The van der Waals surface area contributed by atoms with Gasteiger partial charge < -0.3 is 23.8 Å². The highest BCUT2D eigenvalue weighted by atomic mass is 16.7. The smallest absolute Gasteiger partial charge is 0.161 e. The predicted octanol–water partition coefficient (Wildman–Crippen LogP) is 6.94. The summed E-state index contributed by atoms with van der Waals surface area (Å²) in [6.07, 6.45) is 2.97. The number of rotatable bonds is 7. The van der Waals surface area contributed by atoms with Gasteiger partial charge in [0.2, 0.25) is 0 Å². The number of nitrogens with zero attached hydrogens (tertiary/aromatic N) is 1. The minimum atomic E-state index is -0.208. The molecule has 3 aliphatic rings. The Morgan fingerprint density at radius 2 is 1.62 bits per heavy atom. The van der Waals surface area contributed by atoms with Gasteiger partial charge in [0.15, 0.2) is 6.29 Å². The lowest BCUT2D eigenvalue weighted by atomic mass is 9.69. The summed E-state index contributed by atoms with van der Waals surface area (Å²) in [6.45, 7) is 8.85. The van der Waals surface area contributed by atoms with Crippen LogP contribution in [0.25, 0.3) is 0 Å². The third kappa shape index (κ3) is 5.39. The molecular formula is C35H43NO4. The standard InChI is InChI=1S/C35H43NO4/c1-34(2,3)40-29-16-18-31-26(19-29)13-17-30(24-9-7-6-8-10-24)32(31)25-11-14-28(15-12-25)36-22-35(23-36)20-27(21-39-35)33(37-4)38-5/h6-12,14-16,18-19,27,30,32-33H,13,17,20-23H2,1-5H3. The highest BCUT2D eigenvalue weighted by Crippen LogP contribution is 2.48. The SMILES string of the molecule is COC(OC)C1COC2(C1)CN(c1ccc(C3c4ccc(OC(C)(C)C)cc4CCC3c3ccccc3)cc1)C2.